The van der Waals surface area contributed by atoms with Crippen LogP contribution in [0.15, 0.2) is 0 Å². The second-order valence-corrected chi connectivity index (χ2v) is 7.94. The molecule has 3 rings (SSSR count). The van der Waals surface area contributed by atoms with Crippen LogP contribution in [-0.2, 0) is 25.6 Å². The number of hydrogen-bond acceptors (Lipinski definition) is 6. The minimum Gasteiger partial charge on any atom is -0.466 e. The Morgan fingerprint density at radius 1 is 1.25 bits per heavy atom. The van der Waals surface area contributed by atoms with Gasteiger partial charge in [-0.1, -0.05) is 0 Å². The van der Waals surface area contributed by atoms with E-state index in [0.717, 1.165) is 31.7 Å². The summed E-state index contributed by atoms with van der Waals surface area (Å²) in [7, 11) is 0. The fourth-order valence-electron chi connectivity index (χ4n) is 4.30. The van der Waals surface area contributed by atoms with Gasteiger partial charge in [0, 0.05) is 19.7 Å². The number of ether oxygens (including phenoxy) is 2. The van der Waals surface area contributed by atoms with Gasteiger partial charge in [0.05, 0.1) is 18.1 Å². The molecule has 156 valence electrons. The molecule has 0 spiro atoms. The van der Waals surface area contributed by atoms with Crippen LogP contribution in [-0.4, -0.2) is 63.9 Å². The zero-order valence-electron chi connectivity index (χ0n) is 17.3. The molecule has 1 aromatic heterocycles. The molecule has 2 saturated heterocycles. The number of amides is 1. The molecule has 2 aliphatic heterocycles. The molecule has 0 bridgehead atoms. The summed E-state index contributed by atoms with van der Waals surface area (Å²) in [6.07, 6.45) is 5.27. The highest BCUT2D eigenvalue weighted by atomic mass is 16.5. The fraction of sp³-hybridized carbons (Fsp3) is 0.800. The summed E-state index contributed by atoms with van der Waals surface area (Å²) in [6, 6.07) is 0. The quantitative estimate of drug-likeness (QED) is 0.689. The Morgan fingerprint density at radius 2 is 2.00 bits per heavy atom. The number of rotatable bonds is 6. The predicted octanol–water partition coefficient (Wildman–Crippen LogP) is 2.03. The molecule has 0 saturated carbocycles. The molecule has 3 heterocycles. The number of piperidine rings is 1. The van der Waals surface area contributed by atoms with Crippen LogP contribution in [0.5, 0.6) is 0 Å². The monoisotopic (exact) mass is 392 g/mol. The summed E-state index contributed by atoms with van der Waals surface area (Å²) < 4.78 is 13.0. The van der Waals surface area contributed by atoms with E-state index in [1.54, 1.807) is 4.68 Å². The first-order valence-corrected chi connectivity index (χ1v) is 10.4. The molecule has 1 amide bonds. The SMILES string of the molecule is CCOC(=O)C1(CC2CCCCO2)CCN(C(=O)Cn2nc(C)nc2C)CC1. The molecule has 8 nitrogen and oxygen atoms in total. The Hall–Kier alpha value is -1.96. The molecule has 1 unspecified atom stereocenters. The van der Waals surface area contributed by atoms with E-state index in [-0.39, 0.29) is 24.5 Å². The average molecular weight is 393 g/mol. The van der Waals surface area contributed by atoms with Crippen molar-refractivity contribution in [3.05, 3.63) is 11.6 Å². The number of carbonyl (C=O) groups is 2. The van der Waals surface area contributed by atoms with Crippen molar-refractivity contribution in [3.63, 3.8) is 0 Å². The lowest BCUT2D eigenvalue weighted by Gasteiger charge is -2.42. The van der Waals surface area contributed by atoms with Gasteiger partial charge in [0.1, 0.15) is 18.2 Å². The van der Waals surface area contributed by atoms with Crippen LogP contribution < -0.4 is 0 Å². The van der Waals surface area contributed by atoms with E-state index in [1.165, 1.54) is 0 Å². The first-order chi connectivity index (χ1) is 13.4. The van der Waals surface area contributed by atoms with Crippen molar-refractivity contribution in [2.75, 3.05) is 26.3 Å². The van der Waals surface area contributed by atoms with Gasteiger partial charge in [-0.05, 0) is 59.3 Å². The zero-order valence-corrected chi connectivity index (χ0v) is 17.3. The van der Waals surface area contributed by atoms with Crippen LogP contribution >= 0.6 is 0 Å². The molecule has 0 radical (unpaired) electrons. The average Bonchev–Trinajstić information content (AvgIpc) is 3.00. The van der Waals surface area contributed by atoms with Gasteiger partial charge in [0.25, 0.3) is 0 Å². The molecule has 8 heteroatoms. The maximum Gasteiger partial charge on any atom is 0.312 e. The van der Waals surface area contributed by atoms with Gasteiger partial charge in [-0.25, -0.2) is 9.67 Å². The number of aryl methyl sites for hydroxylation is 2. The number of likely N-dealkylation sites (tertiary alicyclic amines) is 1. The van der Waals surface area contributed by atoms with E-state index in [4.69, 9.17) is 9.47 Å². The van der Waals surface area contributed by atoms with E-state index < -0.39 is 5.41 Å². The normalized spacial score (nSPS) is 22.1. The van der Waals surface area contributed by atoms with Gasteiger partial charge in [-0.3, -0.25) is 9.59 Å². The summed E-state index contributed by atoms with van der Waals surface area (Å²) in [5.74, 6) is 1.27. The molecule has 0 aliphatic carbocycles. The lowest BCUT2D eigenvalue weighted by atomic mass is 9.73. The Kier molecular flexibility index (Phi) is 6.69. The third-order valence-electron chi connectivity index (χ3n) is 5.92. The maximum atomic E-state index is 12.8. The number of aromatic nitrogens is 3. The highest BCUT2D eigenvalue weighted by Crippen LogP contribution is 2.40. The van der Waals surface area contributed by atoms with Crippen LogP contribution in [0.4, 0.5) is 0 Å². The number of nitrogens with zero attached hydrogens (tertiary/aromatic N) is 4. The highest BCUT2D eigenvalue weighted by Gasteiger charge is 2.45. The number of hydrogen-bond donors (Lipinski definition) is 0. The van der Waals surface area contributed by atoms with Crippen molar-refractivity contribution in [1.82, 2.24) is 19.7 Å². The van der Waals surface area contributed by atoms with Gasteiger partial charge in [0.2, 0.25) is 5.91 Å². The molecule has 0 aromatic carbocycles. The Labute approximate surface area is 166 Å². The second-order valence-electron chi connectivity index (χ2n) is 7.94. The van der Waals surface area contributed by atoms with E-state index >= 15 is 0 Å². The largest absolute Gasteiger partial charge is 0.466 e. The standard InChI is InChI=1S/C20H32N4O4/c1-4-27-19(26)20(13-17-7-5-6-12-28-17)8-10-23(11-9-20)18(25)14-24-16(3)21-15(2)22-24/h17H,4-14H2,1-3H3. The zero-order chi connectivity index (χ0) is 20.1. The fourth-order valence-corrected chi connectivity index (χ4v) is 4.30. The summed E-state index contributed by atoms with van der Waals surface area (Å²) in [5, 5.41) is 4.27. The molecule has 0 N–H and O–H groups in total. The molecule has 2 aliphatic rings. The van der Waals surface area contributed by atoms with E-state index in [9.17, 15) is 9.59 Å². The van der Waals surface area contributed by atoms with Crippen molar-refractivity contribution < 1.29 is 19.1 Å². The third-order valence-corrected chi connectivity index (χ3v) is 5.92. The summed E-state index contributed by atoms with van der Waals surface area (Å²) >= 11 is 0. The van der Waals surface area contributed by atoms with Gasteiger partial charge in [-0.2, -0.15) is 5.10 Å². The van der Waals surface area contributed by atoms with Gasteiger partial charge in [-0.15, -0.1) is 0 Å². The Balaban J connectivity index is 1.63. The molecule has 2 fully saturated rings. The van der Waals surface area contributed by atoms with Crippen LogP contribution in [0.1, 0.15) is 57.1 Å². The van der Waals surface area contributed by atoms with Crippen LogP contribution in [0.2, 0.25) is 0 Å². The highest BCUT2D eigenvalue weighted by molar-refractivity contribution is 5.79. The summed E-state index contributed by atoms with van der Waals surface area (Å²) in [5.41, 5.74) is -0.547. The lowest BCUT2D eigenvalue weighted by Crippen LogP contribution is -2.49. The number of carbonyl (C=O) groups excluding carboxylic acids is 2. The van der Waals surface area contributed by atoms with Crippen LogP contribution in [0.25, 0.3) is 0 Å². The number of esters is 1. The smallest absolute Gasteiger partial charge is 0.312 e. The second kappa shape index (κ2) is 9.03. The maximum absolute atomic E-state index is 12.8. The molecular formula is C20H32N4O4. The van der Waals surface area contributed by atoms with Crippen molar-refractivity contribution >= 4 is 11.9 Å². The lowest BCUT2D eigenvalue weighted by molar-refractivity contribution is -0.164. The van der Waals surface area contributed by atoms with Crippen molar-refractivity contribution in [2.24, 2.45) is 5.41 Å². The predicted molar refractivity (Wildman–Crippen MR) is 103 cm³/mol. The van der Waals surface area contributed by atoms with Crippen LogP contribution in [0.3, 0.4) is 0 Å². The van der Waals surface area contributed by atoms with Crippen molar-refractivity contribution in [1.29, 1.82) is 0 Å². The minimum absolute atomic E-state index is 0.0133. The molecule has 28 heavy (non-hydrogen) atoms. The molecular weight excluding hydrogens is 360 g/mol. The first kappa shape index (κ1) is 20.8. The molecule has 1 atom stereocenters. The summed E-state index contributed by atoms with van der Waals surface area (Å²) in [6.45, 7) is 7.93. The first-order valence-electron chi connectivity index (χ1n) is 10.4. The minimum atomic E-state index is -0.547. The van der Waals surface area contributed by atoms with Crippen LogP contribution in [0, 0.1) is 19.3 Å². The van der Waals surface area contributed by atoms with E-state index in [2.05, 4.69) is 10.1 Å². The van der Waals surface area contributed by atoms with E-state index in [1.807, 2.05) is 25.7 Å². The Bertz CT molecular complexity index is 688. The van der Waals surface area contributed by atoms with Gasteiger partial charge in [0.15, 0.2) is 0 Å². The third kappa shape index (κ3) is 4.71. The van der Waals surface area contributed by atoms with E-state index in [0.29, 0.717) is 44.8 Å². The van der Waals surface area contributed by atoms with Gasteiger partial charge < -0.3 is 14.4 Å². The summed E-state index contributed by atoms with van der Waals surface area (Å²) in [4.78, 5) is 31.6. The Morgan fingerprint density at radius 3 is 2.57 bits per heavy atom. The van der Waals surface area contributed by atoms with Crippen molar-refractivity contribution in [3.8, 4) is 0 Å². The topological polar surface area (TPSA) is 86.5 Å². The van der Waals surface area contributed by atoms with Gasteiger partial charge >= 0.3 is 5.97 Å². The molecule has 1 aromatic rings. The van der Waals surface area contributed by atoms with Crippen molar-refractivity contribution in [2.45, 2.75) is 71.9 Å².